The predicted molar refractivity (Wildman–Crippen MR) is 97.2 cm³/mol. The number of aryl methyl sites for hydroxylation is 2. The molecule has 1 amide bonds. The van der Waals surface area contributed by atoms with Gasteiger partial charge in [0, 0.05) is 50.8 Å². The molecule has 0 bridgehead atoms. The van der Waals surface area contributed by atoms with Crippen molar-refractivity contribution >= 4 is 5.91 Å². The minimum atomic E-state index is 0.0327. The molecule has 0 unspecified atom stereocenters. The zero-order valence-electron chi connectivity index (χ0n) is 15.0. The van der Waals surface area contributed by atoms with Crippen LogP contribution in [0.2, 0.25) is 0 Å². The largest absolute Gasteiger partial charge is 0.338 e. The molecular formula is C19H22N6O. The third-order valence-corrected chi connectivity index (χ3v) is 4.87. The number of likely N-dealkylation sites (tertiary alicyclic amines) is 1. The number of pyridine rings is 1. The molecule has 4 rings (SSSR count). The third-order valence-electron chi connectivity index (χ3n) is 4.87. The van der Waals surface area contributed by atoms with Crippen LogP contribution in [-0.4, -0.2) is 48.0 Å². The number of carbonyl (C=O) groups excluding carboxylic acids is 1. The molecule has 3 aromatic heterocycles. The van der Waals surface area contributed by atoms with Crippen molar-refractivity contribution in [2.24, 2.45) is 7.05 Å². The Kier molecular flexibility index (Phi) is 4.28. The summed E-state index contributed by atoms with van der Waals surface area (Å²) in [5.74, 6) is 2.13. The Hall–Kier alpha value is -2.96. The summed E-state index contributed by atoms with van der Waals surface area (Å²) in [7, 11) is 2.02. The second-order valence-corrected chi connectivity index (χ2v) is 6.82. The molecule has 1 aliphatic heterocycles. The molecule has 134 valence electrons. The summed E-state index contributed by atoms with van der Waals surface area (Å²) < 4.78 is 3.89. The first kappa shape index (κ1) is 16.5. The molecule has 26 heavy (non-hydrogen) atoms. The van der Waals surface area contributed by atoms with Gasteiger partial charge >= 0.3 is 0 Å². The first-order chi connectivity index (χ1) is 12.6. The fourth-order valence-corrected chi connectivity index (χ4v) is 3.63. The molecule has 4 heterocycles. The van der Waals surface area contributed by atoms with Crippen LogP contribution in [0.25, 0.3) is 5.82 Å². The standard InChI is InChI=1S/C19H22N6O/c1-14-11-23(2)18(22-14)16-4-3-8-24(12-16)19(26)15-5-6-17(21-10-15)25-9-7-20-13-25/h5-7,9-11,13,16H,3-4,8,12H2,1-2H3/t16-/m0/s1. The van der Waals surface area contributed by atoms with Gasteiger partial charge in [-0.25, -0.2) is 15.0 Å². The van der Waals surface area contributed by atoms with Gasteiger partial charge in [-0.3, -0.25) is 9.36 Å². The molecule has 0 radical (unpaired) electrons. The summed E-state index contributed by atoms with van der Waals surface area (Å²) >= 11 is 0. The number of piperidine rings is 1. The Morgan fingerprint density at radius 2 is 2.19 bits per heavy atom. The fourth-order valence-electron chi connectivity index (χ4n) is 3.63. The van der Waals surface area contributed by atoms with Crippen LogP contribution >= 0.6 is 0 Å². The lowest BCUT2D eigenvalue weighted by molar-refractivity contribution is 0.0703. The van der Waals surface area contributed by atoms with Gasteiger partial charge < -0.3 is 9.47 Å². The number of hydrogen-bond acceptors (Lipinski definition) is 4. The smallest absolute Gasteiger partial charge is 0.255 e. The molecule has 1 aliphatic rings. The second-order valence-electron chi connectivity index (χ2n) is 6.82. The van der Waals surface area contributed by atoms with Gasteiger partial charge in [-0.05, 0) is 31.9 Å². The Balaban J connectivity index is 1.50. The number of hydrogen-bond donors (Lipinski definition) is 0. The molecular weight excluding hydrogens is 328 g/mol. The average molecular weight is 350 g/mol. The van der Waals surface area contributed by atoms with Crippen LogP contribution in [0, 0.1) is 6.92 Å². The summed E-state index contributed by atoms with van der Waals surface area (Å²) in [6.45, 7) is 3.48. The molecule has 0 N–H and O–H groups in total. The lowest BCUT2D eigenvalue weighted by atomic mass is 9.96. The first-order valence-corrected chi connectivity index (χ1v) is 8.85. The number of aromatic nitrogens is 5. The molecule has 0 saturated carbocycles. The highest BCUT2D eigenvalue weighted by atomic mass is 16.2. The Morgan fingerprint density at radius 3 is 2.85 bits per heavy atom. The van der Waals surface area contributed by atoms with Crippen LogP contribution in [0.3, 0.4) is 0 Å². The van der Waals surface area contributed by atoms with Gasteiger partial charge in [0.15, 0.2) is 0 Å². The maximum atomic E-state index is 12.9. The van der Waals surface area contributed by atoms with E-state index in [4.69, 9.17) is 0 Å². The van der Waals surface area contributed by atoms with Crippen molar-refractivity contribution in [3.63, 3.8) is 0 Å². The maximum Gasteiger partial charge on any atom is 0.255 e. The van der Waals surface area contributed by atoms with Crippen molar-refractivity contribution in [1.82, 2.24) is 29.0 Å². The highest BCUT2D eigenvalue weighted by Crippen LogP contribution is 2.27. The van der Waals surface area contributed by atoms with Gasteiger partial charge in [0.2, 0.25) is 0 Å². The number of amides is 1. The third kappa shape index (κ3) is 3.12. The topological polar surface area (TPSA) is 68.8 Å². The van der Waals surface area contributed by atoms with Crippen molar-refractivity contribution in [3.05, 3.63) is 60.3 Å². The Labute approximate surface area is 152 Å². The number of carbonyl (C=O) groups is 1. The molecule has 0 spiro atoms. The lowest BCUT2D eigenvalue weighted by Gasteiger charge is -2.32. The lowest BCUT2D eigenvalue weighted by Crippen LogP contribution is -2.39. The van der Waals surface area contributed by atoms with Crippen LogP contribution in [0.15, 0.2) is 43.2 Å². The van der Waals surface area contributed by atoms with Crippen molar-refractivity contribution in [3.8, 4) is 5.82 Å². The van der Waals surface area contributed by atoms with E-state index in [0.717, 1.165) is 36.7 Å². The first-order valence-electron chi connectivity index (χ1n) is 8.85. The summed E-state index contributed by atoms with van der Waals surface area (Å²) in [5.41, 5.74) is 1.63. The minimum absolute atomic E-state index is 0.0327. The quantitative estimate of drug-likeness (QED) is 0.727. The summed E-state index contributed by atoms with van der Waals surface area (Å²) in [5, 5.41) is 0. The van der Waals surface area contributed by atoms with Crippen LogP contribution in [0.1, 0.15) is 40.6 Å². The number of imidazole rings is 2. The number of rotatable bonds is 3. The van der Waals surface area contributed by atoms with E-state index in [1.54, 1.807) is 18.7 Å². The molecule has 3 aromatic rings. The predicted octanol–water partition coefficient (Wildman–Crippen LogP) is 2.33. The zero-order valence-corrected chi connectivity index (χ0v) is 15.0. The molecule has 7 heteroatoms. The van der Waals surface area contributed by atoms with E-state index < -0.39 is 0 Å². The van der Waals surface area contributed by atoms with E-state index in [9.17, 15) is 4.79 Å². The summed E-state index contributed by atoms with van der Waals surface area (Å²) in [6, 6.07) is 3.68. The van der Waals surface area contributed by atoms with E-state index in [-0.39, 0.29) is 11.8 Å². The molecule has 0 aliphatic carbocycles. The van der Waals surface area contributed by atoms with E-state index >= 15 is 0 Å². The Morgan fingerprint density at radius 1 is 1.31 bits per heavy atom. The second kappa shape index (κ2) is 6.74. The van der Waals surface area contributed by atoms with Crippen molar-refractivity contribution < 1.29 is 4.79 Å². The van der Waals surface area contributed by atoms with Gasteiger partial charge in [-0.1, -0.05) is 0 Å². The van der Waals surface area contributed by atoms with Gasteiger partial charge in [-0.2, -0.15) is 0 Å². The molecule has 7 nitrogen and oxygen atoms in total. The summed E-state index contributed by atoms with van der Waals surface area (Å²) in [4.78, 5) is 27.9. The molecule has 1 atom stereocenters. The summed E-state index contributed by atoms with van der Waals surface area (Å²) in [6.07, 6.45) is 10.9. The SMILES string of the molecule is Cc1cn(C)c([C@H]2CCCN(C(=O)c3ccc(-n4ccnc4)nc3)C2)n1. The van der Waals surface area contributed by atoms with Crippen LogP contribution in [-0.2, 0) is 7.05 Å². The van der Waals surface area contributed by atoms with Gasteiger partial charge in [0.05, 0.1) is 11.3 Å². The van der Waals surface area contributed by atoms with E-state index in [1.807, 2.05) is 48.0 Å². The molecule has 1 fully saturated rings. The van der Waals surface area contributed by atoms with Crippen molar-refractivity contribution in [2.75, 3.05) is 13.1 Å². The highest BCUT2D eigenvalue weighted by molar-refractivity contribution is 5.94. The van der Waals surface area contributed by atoms with E-state index in [2.05, 4.69) is 19.5 Å². The van der Waals surface area contributed by atoms with E-state index in [0.29, 0.717) is 12.1 Å². The van der Waals surface area contributed by atoms with Crippen LogP contribution in [0.5, 0.6) is 0 Å². The maximum absolute atomic E-state index is 12.9. The highest BCUT2D eigenvalue weighted by Gasteiger charge is 2.28. The number of nitrogens with zero attached hydrogens (tertiary/aromatic N) is 6. The fraction of sp³-hybridized carbons (Fsp3) is 0.368. The van der Waals surface area contributed by atoms with Crippen LogP contribution < -0.4 is 0 Å². The Bertz CT molecular complexity index is 897. The van der Waals surface area contributed by atoms with Crippen molar-refractivity contribution in [2.45, 2.75) is 25.7 Å². The average Bonchev–Trinajstić information content (AvgIpc) is 3.31. The van der Waals surface area contributed by atoms with Crippen molar-refractivity contribution in [1.29, 1.82) is 0 Å². The van der Waals surface area contributed by atoms with Gasteiger partial charge in [0.1, 0.15) is 18.0 Å². The normalized spacial score (nSPS) is 17.5. The monoisotopic (exact) mass is 350 g/mol. The van der Waals surface area contributed by atoms with Crippen LogP contribution in [0.4, 0.5) is 0 Å². The minimum Gasteiger partial charge on any atom is -0.338 e. The van der Waals surface area contributed by atoms with Gasteiger partial charge in [0.25, 0.3) is 5.91 Å². The van der Waals surface area contributed by atoms with E-state index in [1.165, 1.54) is 0 Å². The molecule has 0 aromatic carbocycles. The zero-order chi connectivity index (χ0) is 18.1. The van der Waals surface area contributed by atoms with Gasteiger partial charge in [-0.15, -0.1) is 0 Å². The molecule has 1 saturated heterocycles.